The SMILES string of the molecule is COCCC(=O)NCCNC(=O)c1ccc(-c2ccccc2)cc1. The number of methoxy groups -OCH3 is 1. The average Bonchev–Trinajstić information content (AvgIpc) is 2.64. The van der Waals surface area contributed by atoms with Crippen LogP contribution in [0.15, 0.2) is 54.6 Å². The van der Waals surface area contributed by atoms with E-state index in [2.05, 4.69) is 10.6 Å². The van der Waals surface area contributed by atoms with Crippen molar-refractivity contribution in [3.05, 3.63) is 60.2 Å². The van der Waals surface area contributed by atoms with E-state index in [0.717, 1.165) is 11.1 Å². The molecular weight excluding hydrogens is 304 g/mol. The number of hydrogen-bond acceptors (Lipinski definition) is 3. The summed E-state index contributed by atoms with van der Waals surface area (Å²) in [4.78, 5) is 23.5. The molecule has 5 nitrogen and oxygen atoms in total. The summed E-state index contributed by atoms with van der Waals surface area (Å²) >= 11 is 0. The van der Waals surface area contributed by atoms with Gasteiger partial charge in [0, 0.05) is 32.2 Å². The lowest BCUT2D eigenvalue weighted by molar-refractivity contribution is -0.121. The van der Waals surface area contributed by atoms with Crippen molar-refractivity contribution in [3.8, 4) is 11.1 Å². The molecule has 0 spiro atoms. The van der Waals surface area contributed by atoms with E-state index in [1.807, 2.05) is 42.5 Å². The van der Waals surface area contributed by atoms with Crippen LogP contribution in [0.25, 0.3) is 11.1 Å². The molecule has 126 valence electrons. The Morgan fingerprint density at radius 1 is 0.875 bits per heavy atom. The van der Waals surface area contributed by atoms with E-state index in [1.165, 1.54) is 0 Å². The zero-order valence-corrected chi connectivity index (χ0v) is 13.7. The third-order valence-electron chi connectivity index (χ3n) is 3.52. The third-order valence-corrected chi connectivity index (χ3v) is 3.52. The monoisotopic (exact) mass is 326 g/mol. The molecule has 24 heavy (non-hydrogen) atoms. The van der Waals surface area contributed by atoms with Crippen molar-refractivity contribution in [2.24, 2.45) is 0 Å². The second kappa shape index (κ2) is 9.47. The molecule has 0 aliphatic rings. The largest absolute Gasteiger partial charge is 0.384 e. The van der Waals surface area contributed by atoms with Gasteiger partial charge >= 0.3 is 0 Å². The quantitative estimate of drug-likeness (QED) is 0.731. The molecule has 2 aromatic carbocycles. The van der Waals surface area contributed by atoms with Crippen LogP contribution in [-0.2, 0) is 9.53 Å². The molecule has 5 heteroatoms. The van der Waals surface area contributed by atoms with E-state index in [4.69, 9.17) is 4.74 Å². The first-order valence-electron chi connectivity index (χ1n) is 7.90. The van der Waals surface area contributed by atoms with Crippen molar-refractivity contribution in [1.82, 2.24) is 10.6 Å². The smallest absolute Gasteiger partial charge is 0.251 e. The Hall–Kier alpha value is -2.66. The predicted octanol–water partition coefficient (Wildman–Crippen LogP) is 2.24. The maximum absolute atomic E-state index is 12.1. The van der Waals surface area contributed by atoms with Crippen LogP contribution >= 0.6 is 0 Å². The number of rotatable bonds is 8. The van der Waals surface area contributed by atoms with Gasteiger partial charge in [-0.15, -0.1) is 0 Å². The van der Waals surface area contributed by atoms with Gasteiger partial charge in [-0.05, 0) is 23.3 Å². The highest BCUT2D eigenvalue weighted by atomic mass is 16.5. The van der Waals surface area contributed by atoms with Gasteiger partial charge in [0.05, 0.1) is 6.61 Å². The Bertz CT molecular complexity index is 654. The van der Waals surface area contributed by atoms with Crippen molar-refractivity contribution in [2.45, 2.75) is 6.42 Å². The maximum atomic E-state index is 12.1. The van der Waals surface area contributed by atoms with Gasteiger partial charge in [-0.3, -0.25) is 9.59 Å². The Morgan fingerprint density at radius 3 is 2.17 bits per heavy atom. The van der Waals surface area contributed by atoms with Crippen LogP contribution in [0.4, 0.5) is 0 Å². The minimum Gasteiger partial charge on any atom is -0.384 e. The van der Waals surface area contributed by atoms with Crippen molar-refractivity contribution in [2.75, 3.05) is 26.8 Å². The summed E-state index contributed by atoms with van der Waals surface area (Å²) in [6.07, 6.45) is 0.325. The predicted molar refractivity (Wildman–Crippen MR) is 93.7 cm³/mol. The van der Waals surface area contributed by atoms with Gasteiger partial charge in [-0.1, -0.05) is 42.5 Å². The number of amides is 2. The molecule has 2 amide bonds. The van der Waals surface area contributed by atoms with Crippen molar-refractivity contribution in [1.29, 1.82) is 0 Å². The number of nitrogens with one attached hydrogen (secondary N) is 2. The molecule has 0 aromatic heterocycles. The second-order valence-corrected chi connectivity index (χ2v) is 5.29. The molecule has 0 aliphatic carbocycles. The number of carbonyl (C=O) groups excluding carboxylic acids is 2. The van der Waals surface area contributed by atoms with Crippen LogP contribution in [0.3, 0.4) is 0 Å². The van der Waals surface area contributed by atoms with Crippen molar-refractivity contribution in [3.63, 3.8) is 0 Å². The first-order chi connectivity index (χ1) is 11.7. The molecule has 0 fully saturated rings. The van der Waals surface area contributed by atoms with E-state index in [9.17, 15) is 9.59 Å². The standard InChI is InChI=1S/C19H22N2O3/c1-24-14-11-18(22)20-12-13-21-19(23)17-9-7-16(8-10-17)15-5-3-2-4-6-15/h2-10H,11-14H2,1H3,(H,20,22)(H,21,23). The zero-order chi connectivity index (χ0) is 17.2. The summed E-state index contributed by atoms with van der Waals surface area (Å²) in [6.45, 7) is 1.18. The maximum Gasteiger partial charge on any atom is 0.251 e. The Morgan fingerprint density at radius 2 is 1.50 bits per heavy atom. The molecule has 0 saturated carbocycles. The fourth-order valence-electron chi connectivity index (χ4n) is 2.21. The minimum absolute atomic E-state index is 0.0849. The van der Waals surface area contributed by atoms with Crippen LogP contribution in [-0.4, -0.2) is 38.6 Å². The van der Waals surface area contributed by atoms with Gasteiger partial charge in [0.2, 0.25) is 5.91 Å². The van der Waals surface area contributed by atoms with E-state index >= 15 is 0 Å². The second-order valence-electron chi connectivity index (χ2n) is 5.29. The molecule has 0 aliphatic heterocycles. The molecule has 0 bridgehead atoms. The molecule has 0 saturated heterocycles. The number of benzene rings is 2. The number of hydrogen-bond donors (Lipinski definition) is 2. The summed E-state index contributed by atoms with van der Waals surface area (Å²) in [7, 11) is 1.55. The summed E-state index contributed by atoms with van der Waals surface area (Å²) < 4.78 is 4.83. The summed E-state index contributed by atoms with van der Waals surface area (Å²) in [5, 5.41) is 5.51. The van der Waals surface area contributed by atoms with Crippen molar-refractivity contribution < 1.29 is 14.3 Å². The average molecular weight is 326 g/mol. The van der Waals surface area contributed by atoms with Gasteiger partial charge < -0.3 is 15.4 Å². The van der Waals surface area contributed by atoms with Crippen molar-refractivity contribution >= 4 is 11.8 Å². The van der Waals surface area contributed by atoms with E-state index < -0.39 is 0 Å². The molecule has 2 aromatic rings. The molecule has 0 atom stereocenters. The van der Waals surface area contributed by atoms with Crippen LogP contribution in [0.2, 0.25) is 0 Å². The Labute approximate surface area is 142 Å². The van der Waals surface area contributed by atoms with Gasteiger partial charge in [0.25, 0.3) is 5.91 Å². The summed E-state index contributed by atoms with van der Waals surface area (Å²) in [6, 6.07) is 17.5. The highest BCUT2D eigenvalue weighted by molar-refractivity contribution is 5.94. The Balaban J connectivity index is 1.78. The fraction of sp³-hybridized carbons (Fsp3) is 0.263. The Kier molecular flexibility index (Phi) is 6.98. The lowest BCUT2D eigenvalue weighted by atomic mass is 10.0. The van der Waals surface area contributed by atoms with Crippen LogP contribution in [0.1, 0.15) is 16.8 Å². The molecule has 2 N–H and O–H groups in total. The summed E-state index contributed by atoms with van der Waals surface area (Å²) in [5.41, 5.74) is 2.78. The number of ether oxygens (including phenoxy) is 1. The highest BCUT2D eigenvalue weighted by Crippen LogP contribution is 2.19. The number of carbonyl (C=O) groups is 2. The van der Waals surface area contributed by atoms with Gasteiger partial charge in [0.15, 0.2) is 0 Å². The molecule has 2 rings (SSSR count). The van der Waals surface area contributed by atoms with Crippen LogP contribution in [0, 0.1) is 0 Å². The first kappa shape index (κ1) is 17.7. The van der Waals surface area contributed by atoms with E-state index in [1.54, 1.807) is 19.2 Å². The first-order valence-corrected chi connectivity index (χ1v) is 7.90. The normalized spacial score (nSPS) is 10.2. The highest BCUT2D eigenvalue weighted by Gasteiger charge is 2.06. The molecule has 0 radical (unpaired) electrons. The van der Waals surface area contributed by atoms with E-state index in [-0.39, 0.29) is 11.8 Å². The van der Waals surface area contributed by atoms with Gasteiger partial charge in [-0.25, -0.2) is 0 Å². The van der Waals surface area contributed by atoms with Gasteiger partial charge in [0.1, 0.15) is 0 Å². The molecular formula is C19H22N2O3. The zero-order valence-electron chi connectivity index (χ0n) is 13.7. The molecule has 0 heterocycles. The lowest BCUT2D eigenvalue weighted by Crippen LogP contribution is -2.34. The van der Waals surface area contributed by atoms with Gasteiger partial charge in [-0.2, -0.15) is 0 Å². The minimum atomic E-state index is -0.152. The lowest BCUT2D eigenvalue weighted by Gasteiger charge is -2.08. The third kappa shape index (κ3) is 5.52. The summed E-state index contributed by atoms with van der Waals surface area (Å²) in [5.74, 6) is -0.237. The molecule has 0 unspecified atom stereocenters. The van der Waals surface area contributed by atoms with Crippen LogP contribution in [0.5, 0.6) is 0 Å². The fourth-order valence-corrected chi connectivity index (χ4v) is 2.21. The van der Waals surface area contributed by atoms with E-state index in [0.29, 0.717) is 31.7 Å². The van der Waals surface area contributed by atoms with Crippen LogP contribution < -0.4 is 10.6 Å². The topological polar surface area (TPSA) is 67.4 Å².